The van der Waals surface area contributed by atoms with E-state index in [2.05, 4.69) is 5.32 Å². The molecule has 1 rings (SSSR count). The van der Waals surface area contributed by atoms with E-state index in [1.807, 2.05) is 0 Å². The number of amides is 1. The third kappa shape index (κ3) is 5.35. The van der Waals surface area contributed by atoms with Gasteiger partial charge in [0.05, 0.1) is 6.10 Å². The molecule has 1 saturated carbocycles. The highest BCUT2D eigenvalue weighted by molar-refractivity contribution is 5.68. The van der Waals surface area contributed by atoms with Gasteiger partial charge in [-0.25, -0.2) is 9.59 Å². The fourth-order valence-electron chi connectivity index (χ4n) is 1.70. The van der Waals surface area contributed by atoms with Crippen LogP contribution in [0.25, 0.3) is 0 Å². The number of carboxylic acid groups (broad SMARTS) is 1. The molecule has 1 aliphatic carbocycles. The maximum absolute atomic E-state index is 11.4. The number of carbonyl (C=O) groups is 2. The summed E-state index contributed by atoms with van der Waals surface area (Å²) in [4.78, 5) is 21.8. The van der Waals surface area contributed by atoms with Gasteiger partial charge >= 0.3 is 12.1 Å². The SMILES string of the molecule is CC(C)(C)OC(=O)NC[C@H]1CC[C@H]1OCC(=O)O. The van der Waals surface area contributed by atoms with E-state index in [-0.39, 0.29) is 18.6 Å². The smallest absolute Gasteiger partial charge is 0.407 e. The van der Waals surface area contributed by atoms with Gasteiger partial charge in [-0.05, 0) is 33.6 Å². The topological polar surface area (TPSA) is 84.9 Å². The lowest BCUT2D eigenvalue weighted by molar-refractivity contribution is -0.148. The van der Waals surface area contributed by atoms with Crippen molar-refractivity contribution in [2.45, 2.75) is 45.3 Å². The van der Waals surface area contributed by atoms with Crippen molar-refractivity contribution in [3.8, 4) is 0 Å². The highest BCUT2D eigenvalue weighted by Gasteiger charge is 2.32. The normalized spacial score (nSPS) is 23.1. The minimum atomic E-state index is -0.972. The van der Waals surface area contributed by atoms with Crippen LogP contribution in [0.2, 0.25) is 0 Å². The first-order chi connectivity index (χ1) is 8.28. The molecule has 104 valence electrons. The summed E-state index contributed by atoms with van der Waals surface area (Å²) < 4.78 is 10.3. The molecule has 0 heterocycles. The van der Waals surface area contributed by atoms with Crippen molar-refractivity contribution in [3.05, 3.63) is 0 Å². The van der Waals surface area contributed by atoms with Crippen molar-refractivity contribution in [2.24, 2.45) is 5.92 Å². The summed E-state index contributed by atoms with van der Waals surface area (Å²) in [6.07, 6.45) is 1.25. The van der Waals surface area contributed by atoms with Gasteiger partial charge in [0, 0.05) is 12.5 Å². The number of aliphatic carboxylic acids is 1. The van der Waals surface area contributed by atoms with Crippen LogP contribution in [0.1, 0.15) is 33.6 Å². The lowest BCUT2D eigenvalue weighted by Crippen LogP contribution is -2.44. The van der Waals surface area contributed by atoms with Crippen LogP contribution in [-0.2, 0) is 14.3 Å². The minimum Gasteiger partial charge on any atom is -0.480 e. The summed E-state index contributed by atoms with van der Waals surface area (Å²) in [5.41, 5.74) is -0.511. The zero-order valence-corrected chi connectivity index (χ0v) is 11.1. The second-order valence-electron chi connectivity index (χ2n) is 5.46. The van der Waals surface area contributed by atoms with Gasteiger partial charge in [0.2, 0.25) is 0 Å². The molecule has 0 aromatic heterocycles. The Kier molecular flexibility index (Phi) is 4.95. The number of carboxylic acids is 1. The maximum Gasteiger partial charge on any atom is 0.407 e. The van der Waals surface area contributed by atoms with E-state index in [1.54, 1.807) is 20.8 Å². The van der Waals surface area contributed by atoms with Gasteiger partial charge in [0.25, 0.3) is 0 Å². The van der Waals surface area contributed by atoms with E-state index in [1.165, 1.54) is 0 Å². The Morgan fingerprint density at radius 3 is 2.44 bits per heavy atom. The number of ether oxygens (including phenoxy) is 2. The van der Waals surface area contributed by atoms with Crippen LogP contribution in [-0.4, -0.2) is 42.0 Å². The summed E-state index contributed by atoms with van der Waals surface area (Å²) in [5, 5.41) is 11.2. The third-order valence-electron chi connectivity index (χ3n) is 2.68. The first-order valence-electron chi connectivity index (χ1n) is 6.08. The molecule has 0 aliphatic heterocycles. The largest absolute Gasteiger partial charge is 0.480 e. The maximum atomic E-state index is 11.4. The second kappa shape index (κ2) is 6.04. The molecule has 0 spiro atoms. The first-order valence-corrected chi connectivity index (χ1v) is 6.08. The Hall–Kier alpha value is -1.30. The van der Waals surface area contributed by atoms with Gasteiger partial charge < -0.3 is 19.9 Å². The molecule has 0 radical (unpaired) electrons. The molecular formula is C12H21NO5. The monoisotopic (exact) mass is 259 g/mol. The zero-order valence-electron chi connectivity index (χ0n) is 11.1. The van der Waals surface area contributed by atoms with Crippen LogP contribution >= 0.6 is 0 Å². The second-order valence-corrected chi connectivity index (χ2v) is 5.46. The van der Waals surface area contributed by atoms with E-state index in [0.717, 1.165) is 12.8 Å². The van der Waals surface area contributed by atoms with Crippen LogP contribution in [0, 0.1) is 5.92 Å². The number of carbonyl (C=O) groups excluding carboxylic acids is 1. The molecule has 0 aromatic rings. The van der Waals surface area contributed by atoms with Crippen molar-refractivity contribution < 1.29 is 24.2 Å². The minimum absolute atomic E-state index is 0.0731. The highest BCUT2D eigenvalue weighted by Crippen LogP contribution is 2.29. The summed E-state index contributed by atoms with van der Waals surface area (Å²) in [7, 11) is 0. The molecule has 6 heteroatoms. The Bertz CT molecular complexity index is 310. The molecule has 1 aliphatic rings. The van der Waals surface area contributed by atoms with Crippen molar-refractivity contribution in [2.75, 3.05) is 13.2 Å². The van der Waals surface area contributed by atoms with Crippen molar-refractivity contribution >= 4 is 12.1 Å². The van der Waals surface area contributed by atoms with E-state index >= 15 is 0 Å². The number of hydrogen-bond donors (Lipinski definition) is 2. The standard InChI is InChI=1S/C12H21NO5/c1-12(2,3)18-11(16)13-6-8-4-5-9(8)17-7-10(14)15/h8-9H,4-7H2,1-3H3,(H,13,16)(H,14,15)/t8-,9-/m1/s1. The molecule has 2 atom stereocenters. The molecule has 0 aromatic carbocycles. The van der Waals surface area contributed by atoms with Crippen molar-refractivity contribution in [3.63, 3.8) is 0 Å². The summed E-state index contributed by atoms with van der Waals surface area (Å²) in [5.74, 6) is -0.794. The van der Waals surface area contributed by atoms with E-state index in [4.69, 9.17) is 14.6 Å². The predicted octanol–water partition coefficient (Wildman–Crippen LogP) is 1.39. The molecule has 2 N–H and O–H groups in total. The van der Waals surface area contributed by atoms with Crippen LogP contribution in [0.15, 0.2) is 0 Å². The number of hydrogen-bond acceptors (Lipinski definition) is 4. The van der Waals surface area contributed by atoms with Gasteiger partial charge in [-0.15, -0.1) is 0 Å². The molecular weight excluding hydrogens is 238 g/mol. The van der Waals surface area contributed by atoms with E-state index in [0.29, 0.717) is 6.54 Å². The van der Waals surface area contributed by atoms with E-state index < -0.39 is 17.7 Å². The average Bonchev–Trinajstić information content (AvgIpc) is 2.12. The average molecular weight is 259 g/mol. The zero-order chi connectivity index (χ0) is 13.8. The summed E-state index contributed by atoms with van der Waals surface area (Å²) in [6, 6.07) is 0. The Labute approximate surface area is 107 Å². The molecule has 6 nitrogen and oxygen atoms in total. The number of nitrogens with one attached hydrogen (secondary N) is 1. The molecule has 1 amide bonds. The van der Waals surface area contributed by atoms with Gasteiger partial charge in [-0.3, -0.25) is 0 Å². The Morgan fingerprint density at radius 2 is 2.00 bits per heavy atom. The van der Waals surface area contributed by atoms with Crippen LogP contribution in [0.3, 0.4) is 0 Å². The lowest BCUT2D eigenvalue weighted by Gasteiger charge is -2.36. The molecule has 0 unspecified atom stereocenters. The molecule has 1 fully saturated rings. The van der Waals surface area contributed by atoms with Crippen LogP contribution in [0.5, 0.6) is 0 Å². The van der Waals surface area contributed by atoms with Gasteiger partial charge in [-0.2, -0.15) is 0 Å². The number of rotatable bonds is 5. The van der Waals surface area contributed by atoms with E-state index in [9.17, 15) is 9.59 Å². The highest BCUT2D eigenvalue weighted by atomic mass is 16.6. The summed E-state index contributed by atoms with van der Waals surface area (Å²) in [6.45, 7) is 5.57. The Morgan fingerprint density at radius 1 is 1.33 bits per heavy atom. The molecule has 0 bridgehead atoms. The fraction of sp³-hybridized carbons (Fsp3) is 0.833. The lowest BCUT2D eigenvalue weighted by atomic mass is 9.82. The van der Waals surface area contributed by atoms with Gasteiger partial charge in [0.1, 0.15) is 12.2 Å². The summed E-state index contributed by atoms with van der Waals surface area (Å²) >= 11 is 0. The fourth-order valence-corrected chi connectivity index (χ4v) is 1.70. The van der Waals surface area contributed by atoms with Gasteiger partial charge in [0.15, 0.2) is 0 Å². The third-order valence-corrected chi connectivity index (χ3v) is 2.68. The molecule has 18 heavy (non-hydrogen) atoms. The molecule has 0 saturated heterocycles. The van der Waals surface area contributed by atoms with Crippen molar-refractivity contribution in [1.29, 1.82) is 0 Å². The predicted molar refractivity (Wildman–Crippen MR) is 64.3 cm³/mol. The van der Waals surface area contributed by atoms with Crippen LogP contribution in [0.4, 0.5) is 4.79 Å². The quantitative estimate of drug-likeness (QED) is 0.779. The first kappa shape index (κ1) is 14.8. The van der Waals surface area contributed by atoms with Crippen LogP contribution < -0.4 is 5.32 Å². The Balaban J connectivity index is 2.19. The van der Waals surface area contributed by atoms with Gasteiger partial charge in [-0.1, -0.05) is 0 Å². The van der Waals surface area contributed by atoms with Crippen molar-refractivity contribution in [1.82, 2.24) is 5.32 Å². The number of alkyl carbamates (subject to hydrolysis) is 1.